The molecular formula is C17H23FN4. The molecule has 2 heterocycles. The molecule has 0 radical (unpaired) electrons. The van der Waals surface area contributed by atoms with Gasteiger partial charge in [0.15, 0.2) is 0 Å². The number of aromatic nitrogens is 2. The summed E-state index contributed by atoms with van der Waals surface area (Å²) < 4.78 is 13.0. The van der Waals surface area contributed by atoms with Crippen LogP contribution in [0.25, 0.3) is 11.3 Å². The molecule has 0 spiro atoms. The molecule has 22 heavy (non-hydrogen) atoms. The molecule has 0 bridgehead atoms. The smallest absolute Gasteiger partial charge is 0.123 e. The minimum absolute atomic E-state index is 0.220. The van der Waals surface area contributed by atoms with Crippen molar-refractivity contribution in [2.75, 3.05) is 19.6 Å². The van der Waals surface area contributed by atoms with E-state index in [0.29, 0.717) is 6.04 Å². The first-order valence-corrected chi connectivity index (χ1v) is 7.97. The van der Waals surface area contributed by atoms with Crippen molar-refractivity contribution in [1.29, 1.82) is 0 Å². The van der Waals surface area contributed by atoms with Crippen molar-refractivity contribution in [1.82, 2.24) is 20.4 Å². The molecule has 118 valence electrons. The number of likely N-dealkylation sites (tertiary alicyclic amines) is 1. The van der Waals surface area contributed by atoms with Gasteiger partial charge in [0.25, 0.3) is 0 Å². The van der Waals surface area contributed by atoms with Gasteiger partial charge in [-0.15, -0.1) is 0 Å². The number of nitrogens with one attached hydrogen (secondary N) is 2. The van der Waals surface area contributed by atoms with Gasteiger partial charge in [-0.05, 0) is 57.1 Å². The quantitative estimate of drug-likeness (QED) is 0.862. The Labute approximate surface area is 130 Å². The Morgan fingerprint density at radius 2 is 2.00 bits per heavy atom. The average molecular weight is 302 g/mol. The minimum atomic E-state index is -0.220. The number of rotatable bonds is 6. The molecule has 1 unspecified atom stereocenters. The van der Waals surface area contributed by atoms with Crippen LogP contribution >= 0.6 is 0 Å². The highest BCUT2D eigenvalue weighted by atomic mass is 19.1. The van der Waals surface area contributed by atoms with E-state index in [1.165, 1.54) is 38.1 Å². The topological polar surface area (TPSA) is 44.0 Å². The lowest BCUT2D eigenvalue weighted by atomic mass is 10.1. The molecule has 1 fully saturated rings. The molecule has 1 aliphatic rings. The van der Waals surface area contributed by atoms with Crippen molar-refractivity contribution >= 4 is 0 Å². The van der Waals surface area contributed by atoms with Gasteiger partial charge in [0, 0.05) is 30.3 Å². The third kappa shape index (κ3) is 3.54. The van der Waals surface area contributed by atoms with Crippen molar-refractivity contribution in [3.05, 3.63) is 41.8 Å². The van der Waals surface area contributed by atoms with Crippen LogP contribution in [-0.2, 0) is 6.54 Å². The first-order valence-electron chi connectivity index (χ1n) is 7.97. The summed E-state index contributed by atoms with van der Waals surface area (Å²) in [6, 6.07) is 7.06. The van der Waals surface area contributed by atoms with Gasteiger partial charge in [-0.25, -0.2) is 4.39 Å². The number of aromatic amines is 1. The summed E-state index contributed by atoms with van der Waals surface area (Å²) >= 11 is 0. The molecular weight excluding hydrogens is 279 g/mol. The number of hydrogen-bond donors (Lipinski definition) is 2. The summed E-state index contributed by atoms with van der Waals surface area (Å²) in [6.45, 7) is 6.44. The Balaban J connectivity index is 1.57. The van der Waals surface area contributed by atoms with Crippen LogP contribution in [0, 0.1) is 5.82 Å². The van der Waals surface area contributed by atoms with Gasteiger partial charge < -0.3 is 5.32 Å². The van der Waals surface area contributed by atoms with E-state index in [1.54, 1.807) is 12.1 Å². The fourth-order valence-corrected chi connectivity index (χ4v) is 3.04. The van der Waals surface area contributed by atoms with Gasteiger partial charge in [0.2, 0.25) is 0 Å². The number of H-pyrrole nitrogens is 1. The minimum Gasteiger partial charge on any atom is -0.311 e. The van der Waals surface area contributed by atoms with Crippen LogP contribution in [-0.4, -0.2) is 40.8 Å². The number of halogens is 1. The maximum atomic E-state index is 13.0. The first kappa shape index (κ1) is 15.2. The number of hydrogen-bond acceptors (Lipinski definition) is 3. The highest BCUT2D eigenvalue weighted by Crippen LogP contribution is 2.21. The van der Waals surface area contributed by atoms with E-state index < -0.39 is 0 Å². The maximum absolute atomic E-state index is 13.0. The molecule has 1 atom stereocenters. The average Bonchev–Trinajstić information content (AvgIpc) is 3.19. The van der Waals surface area contributed by atoms with E-state index >= 15 is 0 Å². The van der Waals surface area contributed by atoms with Gasteiger partial charge in [-0.2, -0.15) is 5.10 Å². The third-order valence-corrected chi connectivity index (χ3v) is 4.37. The first-order chi connectivity index (χ1) is 10.7. The van der Waals surface area contributed by atoms with Crippen LogP contribution in [0.1, 0.15) is 25.3 Å². The molecule has 0 amide bonds. The molecule has 1 aliphatic heterocycles. The summed E-state index contributed by atoms with van der Waals surface area (Å²) in [7, 11) is 0. The highest BCUT2D eigenvalue weighted by molar-refractivity contribution is 5.62. The summed E-state index contributed by atoms with van der Waals surface area (Å²) in [4.78, 5) is 2.53. The number of nitrogens with zero attached hydrogens (tertiary/aromatic N) is 2. The van der Waals surface area contributed by atoms with Crippen LogP contribution < -0.4 is 5.32 Å². The van der Waals surface area contributed by atoms with Crippen LogP contribution in [0.4, 0.5) is 4.39 Å². The maximum Gasteiger partial charge on any atom is 0.123 e. The van der Waals surface area contributed by atoms with E-state index in [1.807, 2.05) is 6.20 Å². The fourth-order valence-electron chi connectivity index (χ4n) is 3.04. The molecule has 2 aromatic rings. The summed E-state index contributed by atoms with van der Waals surface area (Å²) in [5.74, 6) is -0.220. The number of benzene rings is 1. The van der Waals surface area contributed by atoms with Crippen LogP contribution in [0.15, 0.2) is 30.5 Å². The van der Waals surface area contributed by atoms with Crippen LogP contribution in [0.5, 0.6) is 0 Å². The van der Waals surface area contributed by atoms with E-state index in [4.69, 9.17) is 0 Å². The molecule has 3 rings (SSSR count). The Kier molecular flexibility index (Phi) is 4.85. The fraction of sp³-hybridized carbons (Fsp3) is 0.471. The third-order valence-electron chi connectivity index (χ3n) is 4.37. The van der Waals surface area contributed by atoms with E-state index in [9.17, 15) is 4.39 Å². The van der Waals surface area contributed by atoms with Crippen molar-refractivity contribution in [2.24, 2.45) is 0 Å². The molecule has 1 aromatic carbocycles. The second-order valence-electron chi connectivity index (χ2n) is 6.00. The Hall–Kier alpha value is -1.72. The zero-order valence-electron chi connectivity index (χ0n) is 13.0. The van der Waals surface area contributed by atoms with Crippen molar-refractivity contribution in [2.45, 2.75) is 32.4 Å². The Morgan fingerprint density at radius 3 is 2.73 bits per heavy atom. The SMILES string of the molecule is CC(CNCc1cn[nH]c1-c1ccc(F)cc1)N1CCCC1. The molecule has 2 N–H and O–H groups in total. The molecule has 1 saturated heterocycles. The highest BCUT2D eigenvalue weighted by Gasteiger charge is 2.17. The molecule has 0 saturated carbocycles. The van der Waals surface area contributed by atoms with E-state index in [-0.39, 0.29) is 5.82 Å². The zero-order valence-corrected chi connectivity index (χ0v) is 13.0. The van der Waals surface area contributed by atoms with Gasteiger partial charge in [0.1, 0.15) is 5.82 Å². The van der Waals surface area contributed by atoms with Crippen LogP contribution in [0.2, 0.25) is 0 Å². The monoisotopic (exact) mass is 302 g/mol. The molecule has 4 nitrogen and oxygen atoms in total. The predicted molar refractivity (Wildman–Crippen MR) is 86.0 cm³/mol. The second kappa shape index (κ2) is 7.03. The second-order valence-corrected chi connectivity index (χ2v) is 6.00. The summed E-state index contributed by atoms with van der Waals surface area (Å²) in [5.41, 5.74) is 3.03. The normalized spacial score (nSPS) is 17.0. The van der Waals surface area contributed by atoms with Gasteiger partial charge in [-0.3, -0.25) is 10.00 Å². The summed E-state index contributed by atoms with van der Waals surface area (Å²) in [5, 5.41) is 10.6. The standard InChI is InChI=1S/C17H23FN4/c1-13(22-8-2-3-9-22)10-19-11-15-12-20-21-17(15)14-4-6-16(18)7-5-14/h4-7,12-13,19H,2-3,8-11H2,1H3,(H,20,21). The van der Waals surface area contributed by atoms with E-state index in [0.717, 1.165) is 29.9 Å². The largest absolute Gasteiger partial charge is 0.311 e. The molecule has 1 aromatic heterocycles. The molecule has 5 heteroatoms. The molecule has 0 aliphatic carbocycles. The zero-order chi connectivity index (χ0) is 15.4. The summed E-state index contributed by atoms with van der Waals surface area (Å²) in [6.07, 6.45) is 4.48. The van der Waals surface area contributed by atoms with Gasteiger partial charge >= 0.3 is 0 Å². The van der Waals surface area contributed by atoms with Gasteiger partial charge in [0.05, 0.1) is 11.9 Å². The lowest BCUT2D eigenvalue weighted by Gasteiger charge is -2.23. The Morgan fingerprint density at radius 1 is 1.27 bits per heavy atom. The van der Waals surface area contributed by atoms with Crippen molar-refractivity contribution in [3.63, 3.8) is 0 Å². The lowest BCUT2D eigenvalue weighted by molar-refractivity contribution is 0.251. The van der Waals surface area contributed by atoms with Gasteiger partial charge in [-0.1, -0.05) is 0 Å². The van der Waals surface area contributed by atoms with Crippen molar-refractivity contribution < 1.29 is 4.39 Å². The predicted octanol–water partition coefficient (Wildman–Crippen LogP) is 2.79. The lowest BCUT2D eigenvalue weighted by Crippen LogP contribution is -2.38. The van der Waals surface area contributed by atoms with Crippen molar-refractivity contribution in [3.8, 4) is 11.3 Å². The van der Waals surface area contributed by atoms with E-state index in [2.05, 4.69) is 27.3 Å². The van der Waals surface area contributed by atoms with Crippen LogP contribution in [0.3, 0.4) is 0 Å². The Bertz CT molecular complexity index is 587.